The number of nitrogens with zero attached hydrogens (tertiary/aromatic N) is 6. The number of halogens is 3. The Morgan fingerprint density at radius 1 is 1.24 bits per heavy atom. The fourth-order valence-electron chi connectivity index (χ4n) is 4.83. The lowest BCUT2D eigenvalue weighted by Crippen LogP contribution is -2.23. The fraction of sp³-hybridized carbons (Fsp3) is 0.545. The molecule has 176 valence electrons. The van der Waals surface area contributed by atoms with Gasteiger partial charge in [-0.1, -0.05) is 17.8 Å². The van der Waals surface area contributed by atoms with Gasteiger partial charge in [-0.05, 0) is 62.2 Å². The topological polar surface area (TPSA) is 72.9 Å². The number of oxazole rings is 1. The van der Waals surface area contributed by atoms with E-state index in [0.717, 1.165) is 67.1 Å². The molecule has 0 N–H and O–H groups in total. The first kappa shape index (κ1) is 22.4. The van der Waals surface area contributed by atoms with E-state index in [4.69, 9.17) is 4.42 Å². The first-order valence-electron chi connectivity index (χ1n) is 10.9. The van der Waals surface area contributed by atoms with Gasteiger partial charge >= 0.3 is 6.18 Å². The van der Waals surface area contributed by atoms with E-state index in [1.807, 2.05) is 18.5 Å². The van der Waals surface area contributed by atoms with Crippen LogP contribution in [0, 0.1) is 12.3 Å². The lowest BCUT2D eigenvalue weighted by Gasteiger charge is -2.16. The third kappa shape index (κ3) is 4.40. The number of aryl methyl sites for hydroxylation is 1. The van der Waals surface area contributed by atoms with Crippen molar-refractivity contribution in [2.75, 3.05) is 25.4 Å². The molecule has 3 aromatic heterocycles. The van der Waals surface area contributed by atoms with Crippen LogP contribution in [0.5, 0.6) is 0 Å². The molecule has 7 nitrogen and oxygen atoms in total. The predicted molar refractivity (Wildman–Crippen MR) is 117 cm³/mol. The molecule has 2 fully saturated rings. The molecule has 0 bridgehead atoms. The van der Waals surface area contributed by atoms with Crippen LogP contribution < -0.4 is 0 Å². The molecule has 1 saturated carbocycles. The average molecular weight is 479 g/mol. The van der Waals surface area contributed by atoms with Crippen LogP contribution in [0.1, 0.15) is 42.1 Å². The molecule has 3 aromatic rings. The SMILES string of the molecule is Cc1ncoc1-c1nnc(SCCCN2CCC3(C[C@@H]3c3ccc(C(F)(F)F)nc3)C2)n1C. The molecule has 0 aromatic carbocycles. The van der Waals surface area contributed by atoms with Crippen LogP contribution in [-0.4, -0.2) is 55.0 Å². The fourth-order valence-corrected chi connectivity index (χ4v) is 5.67. The number of likely N-dealkylation sites (tertiary alicyclic amines) is 1. The van der Waals surface area contributed by atoms with Gasteiger partial charge in [-0.2, -0.15) is 13.2 Å². The molecule has 4 heterocycles. The lowest BCUT2D eigenvalue weighted by atomic mass is 9.99. The van der Waals surface area contributed by atoms with Crippen LogP contribution in [0.15, 0.2) is 34.3 Å². The van der Waals surface area contributed by atoms with Gasteiger partial charge in [0.15, 0.2) is 17.3 Å². The molecule has 1 unspecified atom stereocenters. The monoisotopic (exact) mass is 478 g/mol. The average Bonchev–Trinajstić information content (AvgIpc) is 3.05. The maximum Gasteiger partial charge on any atom is 0.433 e. The summed E-state index contributed by atoms with van der Waals surface area (Å²) in [6.45, 7) is 4.91. The molecule has 5 rings (SSSR count). The van der Waals surface area contributed by atoms with Crippen molar-refractivity contribution in [1.29, 1.82) is 0 Å². The van der Waals surface area contributed by atoms with Crippen molar-refractivity contribution >= 4 is 11.8 Å². The second-order valence-corrected chi connectivity index (χ2v) is 10.0. The number of thioether (sulfide) groups is 1. The number of alkyl halides is 3. The molecule has 2 atom stereocenters. The molecule has 0 radical (unpaired) electrons. The molecule has 1 aliphatic carbocycles. The van der Waals surface area contributed by atoms with Gasteiger partial charge in [0.05, 0.1) is 5.69 Å². The van der Waals surface area contributed by atoms with Gasteiger partial charge in [0.2, 0.25) is 5.82 Å². The van der Waals surface area contributed by atoms with Gasteiger partial charge in [0, 0.05) is 25.5 Å². The van der Waals surface area contributed by atoms with Gasteiger partial charge in [-0.25, -0.2) is 4.98 Å². The minimum Gasteiger partial charge on any atom is -0.440 e. The lowest BCUT2D eigenvalue weighted by molar-refractivity contribution is -0.141. The number of pyridine rings is 1. The standard InChI is InChI=1S/C22H25F3N6OS/c1-14-18(32-13-27-14)19-28-29-20(30(19)2)33-9-3-7-31-8-6-21(12-31)10-16(21)15-4-5-17(26-11-15)22(23,24)25/h4-5,11,13,16H,3,6-10,12H2,1-2H3/t16-,21?/m1/s1. The van der Waals surface area contributed by atoms with E-state index in [9.17, 15) is 13.2 Å². The van der Waals surface area contributed by atoms with Gasteiger partial charge in [0.1, 0.15) is 5.69 Å². The van der Waals surface area contributed by atoms with E-state index in [-0.39, 0.29) is 5.41 Å². The highest BCUT2D eigenvalue weighted by molar-refractivity contribution is 7.99. The van der Waals surface area contributed by atoms with Crippen LogP contribution in [0.4, 0.5) is 13.2 Å². The molecule has 0 amide bonds. The maximum absolute atomic E-state index is 12.8. The Balaban J connectivity index is 1.09. The Kier molecular flexibility index (Phi) is 5.72. The zero-order valence-electron chi connectivity index (χ0n) is 18.5. The molecule has 1 aliphatic heterocycles. The number of hydrogen-bond donors (Lipinski definition) is 0. The zero-order chi connectivity index (χ0) is 23.2. The van der Waals surface area contributed by atoms with E-state index < -0.39 is 11.9 Å². The van der Waals surface area contributed by atoms with E-state index >= 15 is 0 Å². The van der Waals surface area contributed by atoms with Crippen LogP contribution in [0.25, 0.3) is 11.6 Å². The normalized spacial score (nSPS) is 23.0. The van der Waals surface area contributed by atoms with E-state index in [0.29, 0.717) is 17.5 Å². The molecule has 11 heteroatoms. The maximum atomic E-state index is 12.8. The summed E-state index contributed by atoms with van der Waals surface area (Å²) >= 11 is 1.67. The zero-order valence-corrected chi connectivity index (χ0v) is 19.3. The minimum absolute atomic E-state index is 0.210. The Morgan fingerprint density at radius 2 is 2.09 bits per heavy atom. The third-order valence-electron chi connectivity index (χ3n) is 6.77. The largest absolute Gasteiger partial charge is 0.440 e. The van der Waals surface area contributed by atoms with Gasteiger partial charge in [-0.3, -0.25) is 4.98 Å². The first-order valence-corrected chi connectivity index (χ1v) is 11.9. The molecule has 1 spiro atoms. The summed E-state index contributed by atoms with van der Waals surface area (Å²) in [5, 5.41) is 9.36. The number of rotatable bonds is 7. The highest BCUT2D eigenvalue weighted by atomic mass is 32.2. The van der Waals surface area contributed by atoms with Crippen molar-refractivity contribution in [1.82, 2.24) is 29.6 Å². The summed E-state index contributed by atoms with van der Waals surface area (Å²) in [6, 6.07) is 2.71. The number of aromatic nitrogens is 5. The second-order valence-electron chi connectivity index (χ2n) is 8.95. The Morgan fingerprint density at radius 3 is 2.79 bits per heavy atom. The smallest absolute Gasteiger partial charge is 0.433 e. The first-order chi connectivity index (χ1) is 15.8. The van der Waals surface area contributed by atoms with E-state index in [1.165, 1.54) is 12.6 Å². The van der Waals surface area contributed by atoms with Crippen molar-refractivity contribution in [2.45, 2.75) is 43.4 Å². The Labute approximate surface area is 193 Å². The minimum atomic E-state index is -4.39. The third-order valence-corrected chi connectivity index (χ3v) is 7.87. The summed E-state index contributed by atoms with van der Waals surface area (Å²) < 4.78 is 45.6. The van der Waals surface area contributed by atoms with Crippen LogP contribution in [0.3, 0.4) is 0 Å². The van der Waals surface area contributed by atoms with Gasteiger partial charge in [-0.15, -0.1) is 10.2 Å². The summed E-state index contributed by atoms with van der Waals surface area (Å²) in [5.41, 5.74) is 1.11. The molecular formula is C22H25F3N6OS. The molecular weight excluding hydrogens is 453 g/mol. The summed E-state index contributed by atoms with van der Waals surface area (Å²) in [7, 11) is 1.92. The highest BCUT2D eigenvalue weighted by Crippen LogP contribution is 2.64. The second kappa shape index (κ2) is 8.43. The summed E-state index contributed by atoms with van der Waals surface area (Å²) in [4.78, 5) is 10.2. The van der Waals surface area contributed by atoms with Crippen molar-refractivity contribution in [2.24, 2.45) is 12.5 Å². The van der Waals surface area contributed by atoms with Crippen LogP contribution >= 0.6 is 11.8 Å². The van der Waals surface area contributed by atoms with Crippen molar-refractivity contribution in [3.05, 3.63) is 41.7 Å². The summed E-state index contributed by atoms with van der Waals surface area (Å²) in [5.74, 6) is 2.56. The van der Waals surface area contributed by atoms with E-state index in [2.05, 4.69) is 25.1 Å². The van der Waals surface area contributed by atoms with Crippen LogP contribution in [-0.2, 0) is 13.2 Å². The Hall–Kier alpha value is -2.40. The summed E-state index contributed by atoms with van der Waals surface area (Å²) in [6.07, 6.45) is 1.59. The Bertz CT molecular complexity index is 1130. The number of hydrogen-bond acceptors (Lipinski definition) is 7. The van der Waals surface area contributed by atoms with E-state index in [1.54, 1.807) is 17.8 Å². The van der Waals surface area contributed by atoms with Crippen molar-refractivity contribution in [3.8, 4) is 11.6 Å². The molecule has 2 aliphatic rings. The van der Waals surface area contributed by atoms with Crippen molar-refractivity contribution < 1.29 is 17.6 Å². The van der Waals surface area contributed by atoms with Gasteiger partial charge < -0.3 is 13.9 Å². The van der Waals surface area contributed by atoms with Gasteiger partial charge in [0.25, 0.3) is 0 Å². The van der Waals surface area contributed by atoms with Crippen LogP contribution in [0.2, 0.25) is 0 Å². The predicted octanol–water partition coefficient (Wildman–Crippen LogP) is 4.55. The molecule has 33 heavy (non-hydrogen) atoms. The van der Waals surface area contributed by atoms with Crippen molar-refractivity contribution in [3.63, 3.8) is 0 Å². The molecule has 1 saturated heterocycles. The highest BCUT2D eigenvalue weighted by Gasteiger charge is 2.57. The quantitative estimate of drug-likeness (QED) is 0.364.